The molecule has 0 atom stereocenters. The Labute approximate surface area is 234 Å². The third-order valence-electron chi connectivity index (χ3n) is 8.16. The molecule has 2 saturated carbocycles. The topological polar surface area (TPSA) is 63.1 Å². The van der Waals surface area contributed by atoms with Crippen LogP contribution >= 0.6 is 11.6 Å². The van der Waals surface area contributed by atoms with Crippen molar-refractivity contribution >= 4 is 23.4 Å². The van der Waals surface area contributed by atoms with E-state index >= 15 is 0 Å². The largest absolute Gasteiger partial charge is 0.349 e. The standard InChI is InChI=1S/C32H46ClN3O2/c1-20-24(29(37)34-23-14-11-15-23)18-27(36(20)19-21-12-9-8-10-13-21)25-16-22(31(2,3)4)17-26(28(25)33)30(38)35-32(5,6)7/h16-18,21,23H,8-15,19H2,1-7H3,(H,34,37)(H,35,38). The summed E-state index contributed by atoms with van der Waals surface area (Å²) in [6.07, 6.45) is 9.49. The number of nitrogens with zero attached hydrogens (tertiary/aromatic N) is 1. The summed E-state index contributed by atoms with van der Waals surface area (Å²) in [4.78, 5) is 26.8. The van der Waals surface area contributed by atoms with Gasteiger partial charge in [0.2, 0.25) is 0 Å². The van der Waals surface area contributed by atoms with Crippen LogP contribution in [0.15, 0.2) is 18.2 Å². The Kier molecular flexibility index (Phi) is 8.37. The van der Waals surface area contributed by atoms with Gasteiger partial charge < -0.3 is 15.2 Å². The second-order valence-corrected chi connectivity index (χ2v) is 14.0. The number of rotatable bonds is 6. The normalized spacial score (nSPS) is 17.3. The lowest BCUT2D eigenvalue weighted by atomic mass is 9.84. The molecular weight excluding hydrogens is 494 g/mol. The molecule has 2 N–H and O–H groups in total. The third kappa shape index (κ3) is 6.47. The van der Waals surface area contributed by atoms with Gasteiger partial charge in [-0.15, -0.1) is 0 Å². The van der Waals surface area contributed by atoms with Crippen molar-refractivity contribution in [1.82, 2.24) is 15.2 Å². The fraction of sp³-hybridized carbons (Fsp3) is 0.625. The van der Waals surface area contributed by atoms with Crippen LogP contribution in [-0.2, 0) is 12.0 Å². The molecule has 1 aromatic heterocycles. The van der Waals surface area contributed by atoms with Crippen LogP contribution in [0, 0.1) is 12.8 Å². The van der Waals surface area contributed by atoms with E-state index in [1.807, 2.05) is 32.9 Å². The molecule has 0 radical (unpaired) electrons. The van der Waals surface area contributed by atoms with Gasteiger partial charge in [0.25, 0.3) is 11.8 Å². The molecule has 5 nitrogen and oxygen atoms in total. The van der Waals surface area contributed by atoms with Crippen molar-refractivity contribution in [2.75, 3.05) is 0 Å². The van der Waals surface area contributed by atoms with Crippen LogP contribution in [0.2, 0.25) is 5.02 Å². The Bertz CT molecular complexity index is 1190. The van der Waals surface area contributed by atoms with Gasteiger partial charge in [-0.25, -0.2) is 0 Å². The molecular formula is C32H46ClN3O2. The second-order valence-electron chi connectivity index (χ2n) is 13.6. The van der Waals surface area contributed by atoms with E-state index in [1.165, 1.54) is 38.5 Å². The number of aromatic nitrogens is 1. The summed E-state index contributed by atoms with van der Waals surface area (Å²) in [6.45, 7) is 15.3. The predicted octanol–water partition coefficient (Wildman–Crippen LogP) is 7.81. The molecule has 2 aliphatic carbocycles. The average Bonchev–Trinajstić information content (AvgIpc) is 3.11. The summed E-state index contributed by atoms with van der Waals surface area (Å²) in [5.41, 5.74) is 4.37. The van der Waals surface area contributed by atoms with Crippen LogP contribution in [0.5, 0.6) is 0 Å². The Morgan fingerprint density at radius 3 is 2.11 bits per heavy atom. The second kappa shape index (κ2) is 11.1. The summed E-state index contributed by atoms with van der Waals surface area (Å²) in [7, 11) is 0. The van der Waals surface area contributed by atoms with E-state index in [4.69, 9.17) is 11.6 Å². The maximum Gasteiger partial charge on any atom is 0.253 e. The summed E-state index contributed by atoms with van der Waals surface area (Å²) < 4.78 is 2.30. The highest BCUT2D eigenvalue weighted by atomic mass is 35.5. The van der Waals surface area contributed by atoms with Gasteiger partial charge in [-0.1, -0.05) is 51.6 Å². The number of halogens is 1. The summed E-state index contributed by atoms with van der Waals surface area (Å²) in [6, 6.07) is 6.33. The van der Waals surface area contributed by atoms with E-state index in [0.717, 1.165) is 41.9 Å². The van der Waals surface area contributed by atoms with Gasteiger partial charge >= 0.3 is 0 Å². The van der Waals surface area contributed by atoms with E-state index in [1.54, 1.807) is 0 Å². The van der Waals surface area contributed by atoms with Crippen molar-refractivity contribution in [2.24, 2.45) is 5.92 Å². The molecule has 2 aliphatic rings. The van der Waals surface area contributed by atoms with Gasteiger partial charge in [0.05, 0.1) is 21.8 Å². The number of carbonyl (C=O) groups excluding carboxylic acids is 2. The van der Waals surface area contributed by atoms with E-state index in [9.17, 15) is 9.59 Å². The summed E-state index contributed by atoms with van der Waals surface area (Å²) in [5.74, 6) is 0.383. The first kappa shape index (κ1) is 28.7. The van der Waals surface area contributed by atoms with Crippen molar-refractivity contribution in [3.05, 3.63) is 45.6 Å². The van der Waals surface area contributed by atoms with Gasteiger partial charge in [-0.3, -0.25) is 9.59 Å². The number of amides is 2. The molecule has 1 heterocycles. The molecule has 2 amide bonds. The molecule has 0 aliphatic heterocycles. The Hall–Kier alpha value is -2.27. The molecule has 2 fully saturated rings. The molecule has 38 heavy (non-hydrogen) atoms. The SMILES string of the molecule is Cc1c(C(=O)NC2CCC2)cc(-c2cc(C(C)(C)C)cc(C(=O)NC(C)(C)C)c2Cl)n1CC1CCCCC1. The van der Waals surface area contributed by atoms with E-state index in [0.29, 0.717) is 22.1 Å². The summed E-state index contributed by atoms with van der Waals surface area (Å²) >= 11 is 7.09. The maximum atomic E-state index is 13.4. The van der Waals surface area contributed by atoms with Crippen molar-refractivity contribution in [2.45, 2.75) is 123 Å². The number of carbonyl (C=O) groups is 2. The Balaban J connectivity index is 1.86. The first-order valence-electron chi connectivity index (χ1n) is 14.4. The van der Waals surface area contributed by atoms with Crippen molar-refractivity contribution in [3.8, 4) is 11.3 Å². The molecule has 4 rings (SSSR count). The minimum atomic E-state index is -0.386. The predicted molar refractivity (Wildman–Crippen MR) is 157 cm³/mol. The minimum Gasteiger partial charge on any atom is -0.349 e. The number of nitrogens with one attached hydrogen (secondary N) is 2. The van der Waals surface area contributed by atoms with E-state index < -0.39 is 0 Å². The van der Waals surface area contributed by atoms with Crippen LogP contribution < -0.4 is 10.6 Å². The van der Waals surface area contributed by atoms with Crippen LogP contribution in [0.25, 0.3) is 11.3 Å². The van der Waals surface area contributed by atoms with Gasteiger partial charge in [0.15, 0.2) is 0 Å². The maximum absolute atomic E-state index is 13.4. The minimum absolute atomic E-state index is 0.00959. The lowest BCUT2D eigenvalue weighted by Gasteiger charge is -2.27. The van der Waals surface area contributed by atoms with Crippen molar-refractivity contribution in [3.63, 3.8) is 0 Å². The van der Waals surface area contributed by atoms with E-state index in [-0.39, 0.29) is 28.8 Å². The molecule has 0 bridgehead atoms. The summed E-state index contributed by atoms with van der Waals surface area (Å²) in [5, 5.41) is 6.75. The number of hydrogen-bond donors (Lipinski definition) is 2. The third-order valence-corrected chi connectivity index (χ3v) is 8.57. The molecule has 1 aromatic carbocycles. The molecule has 2 aromatic rings. The van der Waals surface area contributed by atoms with E-state index in [2.05, 4.69) is 49.0 Å². The van der Waals surface area contributed by atoms with Gasteiger partial charge in [0, 0.05) is 29.4 Å². The first-order valence-corrected chi connectivity index (χ1v) is 14.8. The highest BCUT2D eigenvalue weighted by molar-refractivity contribution is 6.36. The zero-order valence-electron chi connectivity index (χ0n) is 24.4. The number of benzene rings is 1. The van der Waals surface area contributed by atoms with Gasteiger partial charge in [-0.2, -0.15) is 0 Å². The smallest absolute Gasteiger partial charge is 0.253 e. The van der Waals surface area contributed by atoms with Crippen LogP contribution in [0.3, 0.4) is 0 Å². The number of hydrogen-bond acceptors (Lipinski definition) is 2. The van der Waals surface area contributed by atoms with Crippen LogP contribution in [-0.4, -0.2) is 28.0 Å². The van der Waals surface area contributed by atoms with Crippen LogP contribution in [0.4, 0.5) is 0 Å². The average molecular weight is 540 g/mol. The van der Waals surface area contributed by atoms with Crippen molar-refractivity contribution in [1.29, 1.82) is 0 Å². The first-order chi connectivity index (χ1) is 17.7. The van der Waals surface area contributed by atoms with Gasteiger partial charge in [-0.05, 0) is 94.9 Å². The Morgan fingerprint density at radius 1 is 0.895 bits per heavy atom. The molecule has 0 spiro atoms. The molecule has 0 saturated heterocycles. The van der Waals surface area contributed by atoms with Crippen molar-refractivity contribution < 1.29 is 9.59 Å². The fourth-order valence-electron chi connectivity index (χ4n) is 5.59. The Morgan fingerprint density at radius 2 is 1.55 bits per heavy atom. The quantitative estimate of drug-likeness (QED) is 0.393. The zero-order chi connectivity index (χ0) is 27.8. The molecule has 208 valence electrons. The zero-order valence-corrected chi connectivity index (χ0v) is 25.1. The fourth-order valence-corrected chi connectivity index (χ4v) is 5.89. The lowest BCUT2D eigenvalue weighted by Crippen LogP contribution is -2.40. The van der Waals surface area contributed by atoms with Crippen LogP contribution in [0.1, 0.15) is 125 Å². The van der Waals surface area contributed by atoms with Gasteiger partial charge in [0.1, 0.15) is 0 Å². The highest BCUT2D eigenvalue weighted by Crippen LogP contribution is 2.39. The highest BCUT2D eigenvalue weighted by Gasteiger charge is 2.29. The molecule has 6 heteroatoms. The lowest BCUT2D eigenvalue weighted by molar-refractivity contribution is 0.0908. The monoisotopic (exact) mass is 539 g/mol. The molecule has 0 unspecified atom stereocenters.